The molecule has 0 aromatic carbocycles. The minimum atomic E-state index is 0.604. The Morgan fingerprint density at radius 2 is 2.14 bits per heavy atom. The molecule has 0 bridgehead atoms. The number of rotatable bonds is 4. The number of halogens is 1. The second kappa shape index (κ2) is 4.66. The molecule has 0 radical (unpaired) electrons. The topological polar surface area (TPSA) is 15.3 Å². The smallest absolute Gasteiger partial charge is 0.0565 e. The highest BCUT2D eigenvalue weighted by molar-refractivity contribution is 14.1. The highest BCUT2D eigenvalue weighted by atomic mass is 127. The van der Waals surface area contributed by atoms with E-state index in [0.29, 0.717) is 9.59 Å². The molecule has 0 aromatic rings. The molecule has 1 spiro atoms. The molecule has 0 unspecified atom stereocenters. The largest absolute Gasteiger partial charge is 0.304 e. The van der Waals surface area contributed by atoms with Crippen molar-refractivity contribution in [1.82, 2.24) is 10.2 Å². The van der Waals surface area contributed by atoms with Gasteiger partial charge < -0.3 is 5.32 Å². The van der Waals surface area contributed by atoms with Gasteiger partial charge in [0.1, 0.15) is 0 Å². The molecule has 0 aromatic heterocycles. The minimum absolute atomic E-state index is 0.604. The first kappa shape index (κ1) is 11.1. The number of nitrogens with zero attached hydrogens (tertiary/aromatic N) is 1. The van der Waals surface area contributed by atoms with Gasteiger partial charge in [-0.25, -0.2) is 0 Å². The quantitative estimate of drug-likeness (QED) is 0.487. The van der Waals surface area contributed by atoms with Crippen LogP contribution in [0.5, 0.6) is 0 Å². The van der Waals surface area contributed by atoms with Crippen LogP contribution in [-0.4, -0.2) is 34.1 Å². The van der Waals surface area contributed by atoms with Gasteiger partial charge in [0.2, 0.25) is 0 Å². The molecule has 1 saturated carbocycles. The zero-order chi connectivity index (χ0) is 10.0. The molecule has 1 saturated heterocycles. The van der Waals surface area contributed by atoms with Gasteiger partial charge in [0.25, 0.3) is 0 Å². The lowest BCUT2D eigenvalue weighted by atomic mass is 10.0. The molecule has 3 heteroatoms. The van der Waals surface area contributed by atoms with Crippen molar-refractivity contribution in [3.8, 4) is 0 Å². The fourth-order valence-electron chi connectivity index (χ4n) is 2.61. The number of alkyl halides is 1. The van der Waals surface area contributed by atoms with E-state index in [9.17, 15) is 0 Å². The monoisotopic (exact) mass is 308 g/mol. The maximum Gasteiger partial charge on any atom is 0.0565 e. The van der Waals surface area contributed by atoms with Gasteiger partial charge in [-0.15, -0.1) is 0 Å². The average molecular weight is 308 g/mol. The number of hydrogen-bond acceptors (Lipinski definition) is 2. The van der Waals surface area contributed by atoms with Crippen molar-refractivity contribution < 1.29 is 0 Å². The van der Waals surface area contributed by atoms with Gasteiger partial charge in [0, 0.05) is 18.6 Å². The molecule has 2 aliphatic rings. The predicted molar refractivity (Wildman–Crippen MR) is 68.9 cm³/mol. The molecule has 1 aliphatic carbocycles. The van der Waals surface area contributed by atoms with E-state index in [1.54, 1.807) is 0 Å². The van der Waals surface area contributed by atoms with E-state index in [-0.39, 0.29) is 0 Å². The van der Waals surface area contributed by atoms with Crippen LogP contribution in [0, 0.1) is 0 Å². The Hall–Kier alpha value is 0.650. The summed E-state index contributed by atoms with van der Waals surface area (Å²) in [5.41, 5.74) is 0.675. The number of hydrogen-bond donors (Lipinski definition) is 1. The second-order valence-corrected chi connectivity index (χ2v) is 6.61. The molecule has 2 fully saturated rings. The Kier molecular flexibility index (Phi) is 3.71. The zero-order valence-electron chi connectivity index (χ0n) is 9.06. The summed E-state index contributed by atoms with van der Waals surface area (Å²) in [7, 11) is 0. The zero-order valence-corrected chi connectivity index (χ0v) is 11.2. The van der Waals surface area contributed by atoms with Crippen LogP contribution in [-0.2, 0) is 0 Å². The van der Waals surface area contributed by atoms with Gasteiger partial charge in [-0.3, -0.25) is 4.90 Å². The van der Waals surface area contributed by atoms with E-state index in [2.05, 4.69) is 39.7 Å². The van der Waals surface area contributed by atoms with Crippen LogP contribution in [0.2, 0.25) is 0 Å². The van der Waals surface area contributed by atoms with Crippen molar-refractivity contribution in [2.24, 2.45) is 0 Å². The molecular formula is C11H21IN2. The third kappa shape index (κ3) is 2.61. The first-order valence-corrected chi connectivity index (χ1v) is 7.10. The summed E-state index contributed by atoms with van der Waals surface area (Å²) in [5, 5.41) is 3.50. The van der Waals surface area contributed by atoms with Crippen molar-refractivity contribution in [2.75, 3.05) is 19.6 Å². The standard InChI is InChI=1S/C11H21IN2/c1-10(12)13-7-9-14-8-3-2-4-11(14)5-6-11/h10,13H,2-9H2,1H3/t10-/m1/s1. The Morgan fingerprint density at radius 1 is 1.36 bits per heavy atom. The maximum absolute atomic E-state index is 3.50. The maximum atomic E-state index is 3.50. The Bertz CT molecular complexity index is 190. The summed E-state index contributed by atoms with van der Waals surface area (Å²) in [6.45, 7) is 5.97. The van der Waals surface area contributed by atoms with Crippen molar-refractivity contribution in [3.63, 3.8) is 0 Å². The van der Waals surface area contributed by atoms with Crippen LogP contribution in [0.3, 0.4) is 0 Å². The molecule has 0 amide bonds. The number of nitrogens with one attached hydrogen (secondary N) is 1. The fourth-order valence-corrected chi connectivity index (χ4v) is 2.92. The average Bonchev–Trinajstić information content (AvgIpc) is 2.89. The highest BCUT2D eigenvalue weighted by Crippen LogP contribution is 2.47. The van der Waals surface area contributed by atoms with Gasteiger partial charge in [-0.1, -0.05) is 29.0 Å². The Morgan fingerprint density at radius 3 is 2.79 bits per heavy atom. The highest BCUT2D eigenvalue weighted by Gasteiger charge is 2.48. The van der Waals surface area contributed by atoms with Crippen molar-refractivity contribution in [1.29, 1.82) is 0 Å². The lowest BCUT2D eigenvalue weighted by Gasteiger charge is -2.36. The first-order valence-electron chi connectivity index (χ1n) is 5.85. The van der Waals surface area contributed by atoms with E-state index in [4.69, 9.17) is 0 Å². The summed E-state index contributed by atoms with van der Waals surface area (Å²) in [5.74, 6) is 0. The van der Waals surface area contributed by atoms with Crippen molar-refractivity contribution in [2.45, 2.75) is 48.6 Å². The molecule has 1 heterocycles. The first-order chi connectivity index (χ1) is 6.73. The lowest BCUT2D eigenvalue weighted by Crippen LogP contribution is -2.45. The van der Waals surface area contributed by atoms with E-state index in [0.717, 1.165) is 6.54 Å². The second-order valence-electron chi connectivity index (χ2n) is 4.74. The molecular weight excluding hydrogens is 287 g/mol. The summed E-state index contributed by atoms with van der Waals surface area (Å²) < 4.78 is 0.604. The van der Waals surface area contributed by atoms with Gasteiger partial charge >= 0.3 is 0 Å². The third-order valence-corrected chi connectivity index (χ3v) is 4.07. The summed E-state index contributed by atoms with van der Waals surface area (Å²) in [4.78, 5) is 2.74. The van der Waals surface area contributed by atoms with Crippen molar-refractivity contribution >= 4 is 22.6 Å². The summed E-state index contributed by atoms with van der Waals surface area (Å²) >= 11 is 2.43. The van der Waals surface area contributed by atoms with Crippen LogP contribution >= 0.6 is 22.6 Å². The van der Waals surface area contributed by atoms with Gasteiger partial charge in [-0.2, -0.15) is 0 Å². The van der Waals surface area contributed by atoms with Crippen LogP contribution in [0.4, 0.5) is 0 Å². The summed E-state index contributed by atoms with van der Waals surface area (Å²) in [6, 6.07) is 0. The normalized spacial score (nSPS) is 27.9. The lowest BCUT2D eigenvalue weighted by molar-refractivity contribution is 0.130. The van der Waals surface area contributed by atoms with Crippen LogP contribution in [0.15, 0.2) is 0 Å². The van der Waals surface area contributed by atoms with E-state index < -0.39 is 0 Å². The molecule has 1 atom stereocenters. The van der Waals surface area contributed by atoms with Crippen molar-refractivity contribution in [3.05, 3.63) is 0 Å². The molecule has 2 rings (SSSR count). The van der Waals surface area contributed by atoms with Gasteiger partial charge in [-0.05, 0) is 39.2 Å². The molecule has 1 N–H and O–H groups in total. The molecule has 14 heavy (non-hydrogen) atoms. The van der Waals surface area contributed by atoms with E-state index in [1.807, 2.05) is 0 Å². The SMILES string of the molecule is C[C@H](I)NCCN1CCCCC12CC2. The number of likely N-dealkylation sites (tertiary alicyclic amines) is 1. The van der Waals surface area contributed by atoms with E-state index in [1.165, 1.54) is 45.2 Å². The fraction of sp³-hybridized carbons (Fsp3) is 1.00. The van der Waals surface area contributed by atoms with Crippen LogP contribution in [0.25, 0.3) is 0 Å². The van der Waals surface area contributed by atoms with Crippen LogP contribution < -0.4 is 5.32 Å². The molecule has 82 valence electrons. The van der Waals surface area contributed by atoms with Crippen LogP contribution in [0.1, 0.15) is 39.0 Å². The third-order valence-electron chi connectivity index (χ3n) is 3.63. The Labute approximate surface area is 101 Å². The number of piperidine rings is 1. The molecule has 2 nitrogen and oxygen atoms in total. The van der Waals surface area contributed by atoms with Gasteiger partial charge in [0.15, 0.2) is 0 Å². The predicted octanol–water partition coefficient (Wildman–Crippen LogP) is 2.38. The van der Waals surface area contributed by atoms with E-state index >= 15 is 0 Å². The summed E-state index contributed by atoms with van der Waals surface area (Å²) in [6.07, 6.45) is 7.28. The Balaban J connectivity index is 1.73. The van der Waals surface area contributed by atoms with Gasteiger partial charge in [0.05, 0.1) is 4.05 Å². The molecule has 1 aliphatic heterocycles. The minimum Gasteiger partial charge on any atom is -0.304 e.